The zero-order valence-electron chi connectivity index (χ0n) is 11.0. The third-order valence-electron chi connectivity index (χ3n) is 3.17. The highest BCUT2D eigenvalue weighted by Gasteiger charge is 2.10. The first-order valence-corrected chi connectivity index (χ1v) is 6.73. The van der Waals surface area contributed by atoms with Crippen molar-refractivity contribution in [2.24, 2.45) is 0 Å². The van der Waals surface area contributed by atoms with E-state index in [1.165, 1.54) is 0 Å². The number of rotatable bonds is 2. The summed E-state index contributed by atoms with van der Waals surface area (Å²) in [4.78, 5) is 16.5. The lowest BCUT2D eigenvalue weighted by molar-refractivity contribution is 0.102. The Morgan fingerprint density at radius 3 is 2.57 bits per heavy atom. The molecular formula is C16H12ClN3O. The van der Waals surface area contributed by atoms with Crippen LogP contribution in [0.25, 0.3) is 10.9 Å². The quantitative estimate of drug-likeness (QED) is 0.757. The summed E-state index contributed by atoms with van der Waals surface area (Å²) >= 11 is 5.81. The lowest BCUT2D eigenvalue weighted by Gasteiger charge is -2.10. The number of fused-ring (bicyclic) bond motifs is 1. The average molecular weight is 298 g/mol. The number of para-hydroxylation sites is 1. The van der Waals surface area contributed by atoms with Crippen molar-refractivity contribution in [1.82, 2.24) is 4.98 Å². The van der Waals surface area contributed by atoms with Gasteiger partial charge in [-0.1, -0.05) is 29.8 Å². The molecule has 0 saturated carbocycles. The Hall–Kier alpha value is -2.59. The normalized spacial score (nSPS) is 10.5. The third kappa shape index (κ3) is 2.66. The van der Waals surface area contributed by atoms with Gasteiger partial charge in [0.05, 0.1) is 23.1 Å². The van der Waals surface area contributed by atoms with E-state index in [1.54, 1.807) is 30.5 Å². The molecule has 4 nitrogen and oxygen atoms in total. The van der Waals surface area contributed by atoms with Crippen LogP contribution in [0.3, 0.4) is 0 Å². The van der Waals surface area contributed by atoms with Crippen LogP contribution in [0.4, 0.5) is 11.4 Å². The van der Waals surface area contributed by atoms with Crippen LogP contribution in [0.2, 0.25) is 5.02 Å². The number of nitrogen functional groups attached to an aromatic ring is 1. The van der Waals surface area contributed by atoms with Crippen LogP contribution < -0.4 is 11.1 Å². The van der Waals surface area contributed by atoms with Crippen LogP contribution in [0.5, 0.6) is 0 Å². The molecule has 0 aliphatic carbocycles. The van der Waals surface area contributed by atoms with Gasteiger partial charge in [-0.25, -0.2) is 0 Å². The highest BCUT2D eigenvalue weighted by atomic mass is 35.5. The zero-order chi connectivity index (χ0) is 14.8. The number of hydrogen-bond acceptors (Lipinski definition) is 3. The molecule has 3 rings (SSSR count). The van der Waals surface area contributed by atoms with Crippen molar-refractivity contribution in [3.63, 3.8) is 0 Å². The van der Waals surface area contributed by atoms with Crippen LogP contribution in [0.1, 0.15) is 10.4 Å². The summed E-state index contributed by atoms with van der Waals surface area (Å²) in [6, 6.07) is 14.2. The highest BCUT2D eigenvalue weighted by Crippen LogP contribution is 2.27. The van der Waals surface area contributed by atoms with Gasteiger partial charge >= 0.3 is 0 Å². The van der Waals surface area contributed by atoms with Gasteiger partial charge in [-0.05, 0) is 30.3 Å². The Kier molecular flexibility index (Phi) is 3.46. The Balaban J connectivity index is 1.93. The summed E-state index contributed by atoms with van der Waals surface area (Å²) < 4.78 is 0. The lowest BCUT2D eigenvalue weighted by atomic mass is 10.1. The van der Waals surface area contributed by atoms with Crippen molar-refractivity contribution in [2.45, 2.75) is 0 Å². The fourth-order valence-corrected chi connectivity index (χ4v) is 2.18. The number of nitrogens with one attached hydrogen (secondary N) is 1. The summed E-state index contributed by atoms with van der Waals surface area (Å²) in [5.41, 5.74) is 8.39. The number of pyridine rings is 1. The van der Waals surface area contributed by atoms with Crippen LogP contribution >= 0.6 is 11.6 Å². The second-order valence-electron chi connectivity index (χ2n) is 4.56. The largest absolute Gasteiger partial charge is 0.396 e. The van der Waals surface area contributed by atoms with E-state index in [0.29, 0.717) is 22.0 Å². The van der Waals surface area contributed by atoms with Crippen molar-refractivity contribution < 1.29 is 4.79 Å². The van der Waals surface area contributed by atoms with Gasteiger partial charge in [0, 0.05) is 16.0 Å². The smallest absolute Gasteiger partial charge is 0.255 e. The Labute approximate surface area is 126 Å². The molecule has 1 aromatic heterocycles. The second kappa shape index (κ2) is 5.42. The van der Waals surface area contributed by atoms with Gasteiger partial charge in [0.2, 0.25) is 0 Å². The molecule has 0 radical (unpaired) electrons. The Morgan fingerprint density at radius 1 is 1.10 bits per heavy atom. The zero-order valence-corrected chi connectivity index (χ0v) is 11.8. The maximum absolute atomic E-state index is 12.2. The molecule has 0 saturated heterocycles. The van der Waals surface area contributed by atoms with Crippen molar-refractivity contribution in [3.05, 3.63) is 65.3 Å². The monoisotopic (exact) mass is 297 g/mol. The highest BCUT2D eigenvalue weighted by molar-refractivity contribution is 6.30. The second-order valence-corrected chi connectivity index (χ2v) is 5.00. The number of anilines is 2. The van der Waals surface area contributed by atoms with Gasteiger partial charge in [0.15, 0.2) is 0 Å². The van der Waals surface area contributed by atoms with E-state index in [0.717, 1.165) is 10.9 Å². The summed E-state index contributed by atoms with van der Waals surface area (Å²) in [6.07, 6.45) is 1.56. The maximum atomic E-state index is 12.2. The van der Waals surface area contributed by atoms with Gasteiger partial charge in [-0.2, -0.15) is 0 Å². The van der Waals surface area contributed by atoms with Gasteiger partial charge in [0.1, 0.15) is 0 Å². The molecule has 1 heterocycles. The first-order valence-electron chi connectivity index (χ1n) is 6.35. The predicted molar refractivity (Wildman–Crippen MR) is 85.6 cm³/mol. The Morgan fingerprint density at radius 2 is 1.81 bits per heavy atom. The molecule has 0 aliphatic heterocycles. The number of nitrogens with two attached hydrogens (primary N) is 1. The molecule has 5 heteroatoms. The van der Waals surface area contributed by atoms with Gasteiger partial charge in [-0.15, -0.1) is 0 Å². The summed E-state index contributed by atoms with van der Waals surface area (Å²) in [7, 11) is 0. The number of carbonyl (C=O) groups excluding carboxylic acids is 1. The number of halogens is 1. The van der Waals surface area contributed by atoms with Crippen molar-refractivity contribution >= 4 is 39.8 Å². The molecular weight excluding hydrogens is 286 g/mol. The topological polar surface area (TPSA) is 68.0 Å². The first-order chi connectivity index (χ1) is 10.1. The van der Waals surface area contributed by atoms with E-state index in [4.69, 9.17) is 17.3 Å². The fraction of sp³-hybridized carbons (Fsp3) is 0. The van der Waals surface area contributed by atoms with Gasteiger partial charge in [0.25, 0.3) is 5.91 Å². The standard InChI is InChI=1S/C16H12ClN3O/c17-11-7-5-10(6-8-11)16(21)20-14-9-19-13-4-2-1-3-12(13)15(14)18/h1-9H,(H2,18,19)(H,20,21). The fourth-order valence-electron chi connectivity index (χ4n) is 2.06. The predicted octanol–water partition coefficient (Wildman–Crippen LogP) is 3.72. The molecule has 0 aliphatic rings. The number of benzene rings is 2. The van der Waals surface area contributed by atoms with Gasteiger partial charge < -0.3 is 11.1 Å². The molecule has 3 N–H and O–H groups in total. The molecule has 0 bridgehead atoms. The van der Waals surface area contributed by atoms with Crippen LogP contribution in [0, 0.1) is 0 Å². The summed E-state index contributed by atoms with van der Waals surface area (Å²) in [5.74, 6) is -0.254. The average Bonchev–Trinajstić information content (AvgIpc) is 2.51. The molecule has 21 heavy (non-hydrogen) atoms. The Bertz CT molecular complexity index is 815. The molecule has 3 aromatic rings. The summed E-state index contributed by atoms with van der Waals surface area (Å²) in [6.45, 7) is 0. The lowest BCUT2D eigenvalue weighted by Crippen LogP contribution is -2.13. The third-order valence-corrected chi connectivity index (χ3v) is 3.42. The van der Waals surface area contributed by atoms with E-state index in [1.807, 2.05) is 24.3 Å². The molecule has 0 unspecified atom stereocenters. The number of hydrogen-bond donors (Lipinski definition) is 2. The number of aromatic nitrogens is 1. The molecule has 0 atom stereocenters. The van der Waals surface area contributed by atoms with E-state index in [-0.39, 0.29) is 5.91 Å². The molecule has 1 amide bonds. The minimum Gasteiger partial charge on any atom is -0.396 e. The SMILES string of the molecule is Nc1c(NC(=O)c2ccc(Cl)cc2)cnc2ccccc12. The van der Waals surface area contributed by atoms with Gasteiger partial charge in [-0.3, -0.25) is 9.78 Å². The molecule has 0 spiro atoms. The molecule has 2 aromatic carbocycles. The number of carbonyl (C=O) groups is 1. The van der Waals surface area contributed by atoms with E-state index in [2.05, 4.69) is 10.3 Å². The summed E-state index contributed by atoms with van der Waals surface area (Å²) in [5, 5.41) is 4.16. The minimum atomic E-state index is -0.254. The maximum Gasteiger partial charge on any atom is 0.255 e. The minimum absolute atomic E-state index is 0.254. The van der Waals surface area contributed by atoms with Crippen molar-refractivity contribution in [1.29, 1.82) is 0 Å². The van der Waals surface area contributed by atoms with Crippen LogP contribution in [-0.2, 0) is 0 Å². The van der Waals surface area contributed by atoms with E-state index in [9.17, 15) is 4.79 Å². The number of nitrogens with zero attached hydrogens (tertiary/aromatic N) is 1. The van der Waals surface area contributed by atoms with Crippen LogP contribution in [-0.4, -0.2) is 10.9 Å². The molecule has 104 valence electrons. The number of amides is 1. The first kappa shape index (κ1) is 13.4. The van der Waals surface area contributed by atoms with Crippen LogP contribution in [0.15, 0.2) is 54.7 Å². The molecule has 0 fully saturated rings. The van der Waals surface area contributed by atoms with E-state index >= 15 is 0 Å². The van der Waals surface area contributed by atoms with E-state index < -0.39 is 0 Å². The van der Waals surface area contributed by atoms with Crippen molar-refractivity contribution in [3.8, 4) is 0 Å². The van der Waals surface area contributed by atoms with Crippen molar-refractivity contribution in [2.75, 3.05) is 11.1 Å².